The zero-order valence-electron chi connectivity index (χ0n) is 7.78. The van der Waals surface area contributed by atoms with Gasteiger partial charge < -0.3 is 10.4 Å². The normalized spacial score (nSPS) is 26.7. The lowest BCUT2D eigenvalue weighted by Crippen LogP contribution is -2.15. The molecule has 1 aliphatic rings. The van der Waals surface area contributed by atoms with Gasteiger partial charge in [0.1, 0.15) is 4.60 Å². The van der Waals surface area contributed by atoms with Crippen LogP contribution in [0, 0.1) is 5.92 Å². The van der Waals surface area contributed by atoms with Crippen molar-refractivity contribution < 1.29 is 5.11 Å². The second kappa shape index (κ2) is 4.38. The highest BCUT2D eigenvalue weighted by Crippen LogP contribution is 2.26. The van der Waals surface area contributed by atoms with Crippen LogP contribution in [-0.2, 0) is 0 Å². The van der Waals surface area contributed by atoms with Gasteiger partial charge in [0.25, 0.3) is 0 Å². The summed E-state index contributed by atoms with van der Waals surface area (Å²) in [6.07, 6.45) is 0. The molecule has 2 unspecified atom stereocenters. The minimum absolute atomic E-state index is 0.228. The number of aliphatic hydroxyl groups is 1. The number of nitrogens with zero attached hydrogens (tertiary/aromatic N) is 1. The first-order valence-corrected chi connectivity index (χ1v) is 5.54. The van der Waals surface area contributed by atoms with Crippen molar-refractivity contribution in [1.29, 1.82) is 0 Å². The Morgan fingerprint density at radius 2 is 2.36 bits per heavy atom. The fourth-order valence-electron chi connectivity index (χ4n) is 1.90. The van der Waals surface area contributed by atoms with E-state index in [0.29, 0.717) is 11.8 Å². The number of nitrogens with one attached hydrogen (secondary N) is 1. The maximum Gasteiger partial charge on any atom is 0.106 e. The van der Waals surface area contributed by atoms with Crippen LogP contribution in [0.2, 0.25) is 0 Å². The largest absolute Gasteiger partial charge is 0.396 e. The Labute approximate surface area is 91.7 Å². The predicted octanol–water partition coefficient (Wildman–Crippen LogP) is 1.14. The molecule has 2 rings (SSSR count). The van der Waals surface area contributed by atoms with Crippen molar-refractivity contribution in [3.05, 3.63) is 28.5 Å². The zero-order chi connectivity index (χ0) is 9.97. The number of hydrogen-bond acceptors (Lipinski definition) is 3. The highest BCUT2D eigenvalue weighted by Gasteiger charge is 2.28. The molecule has 3 nitrogen and oxygen atoms in total. The van der Waals surface area contributed by atoms with Crippen molar-refractivity contribution in [2.45, 2.75) is 5.92 Å². The lowest BCUT2D eigenvalue weighted by molar-refractivity contribution is 0.225. The van der Waals surface area contributed by atoms with Crippen LogP contribution >= 0.6 is 15.9 Å². The minimum Gasteiger partial charge on any atom is -0.396 e. The van der Waals surface area contributed by atoms with Gasteiger partial charge in [0.15, 0.2) is 0 Å². The molecule has 2 atom stereocenters. The Kier molecular flexibility index (Phi) is 3.15. The van der Waals surface area contributed by atoms with Gasteiger partial charge in [-0.3, -0.25) is 0 Å². The number of rotatable bonds is 2. The molecule has 1 fully saturated rings. The highest BCUT2D eigenvalue weighted by molar-refractivity contribution is 9.10. The van der Waals surface area contributed by atoms with E-state index in [2.05, 4.69) is 26.2 Å². The van der Waals surface area contributed by atoms with E-state index in [4.69, 9.17) is 0 Å². The van der Waals surface area contributed by atoms with Gasteiger partial charge in [-0.1, -0.05) is 6.07 Å². The molecule has 2 heterocycles. The second-order valence-corrected chi connectivity index (χ2v) is 4.41. The third kappa shape index (κ3) is 1.97. The van der Waals surface area contributed by atoms with Gasteiger partial charge in [-0.25, -0.2) is 4.98 Å². The molecule has 0 spiro atoms. The van der Waals surface area contributed by atoms with Crippen LogP contribution in [0.3, 0.4) is 0 Å². The fourth-order valence-corrected chi connectivity index (χ4v) is 2.26. The van der Waals surface area contributed by atoms with E-state index < -0.39 is 0 Å². The third-order valence-corrected chi connectivity index (χ3v) is 3.13. The molecule has 0 amide bonds. The first-order valence-electron chi connectivity index (χ1n) is 4.75. The zero-order valence-corrected chi connectivity index (χ0v) is 9.37. The van der Waals surface area contributed by atoms with Crippen LogP contribution in [0.4, 0.5) is 0 Å². The van der Waals surface area contributed by atoms with Gasteiger partial charge in [0.2, 0.25) is 0 Å². The average Bonchev–Trinajstić information content (AvgIpc) is 2.65. The van der Waals surface area contributed by atoms with Crippen LogP contribution < -0.4 is 5.32 Å². The molecular weight excluding hydrogens is 244 g/mol. The maximum absolute atomic E-state index is 9.19. The Hall–Kier alpha value is -0.450. The lowest BCUT2D eigenvalue weighted by atomic mass is 9.93. The van der Waals surface area contributed by atoms with Crippen LogP contribution in [-0.4, -0.2) is 29.8 Å². The lowest BCUT2D eigenvalue weighted by Gasteiger charge is -2.15. The predicted molar refractivity (Wildman–Crippen MR) is 58.1 cm³/mol. The molecule has 0 radical (unpaired) electrons. The van der Waals surface area contributed by atoms with E-state index in [1.807, 2.05) is 18.2 Å². The summed E-state index contributed by atoms with van der Waals surface area (Å²) >= 11 is 3.36. The van der Waals surface area contributed by atoms with E-state index in [9.17, 15) is 5.11 Å². The quantitative estimate of drug-likeness (QED) is 0.781. The molecule has 0 saturated carbocycles. The molecule has 14 heavy (non-hydrogen) atoms. The van der Waals surface area contributed by atoms with Gasteiger partial charge >= 0.3 is 0 Å². The van der Waals surface area contributed by atoms with E-state index in [-0.39, 0.29) is 6.61 Å². The topological polar surface area (TPSA) is 45.1 Å². The van der Waals surface area contributed by atoms with Gasteiger partial charge in [0, 0.05) is 37.2 Å². The smallest absolute Gasteiger partial charge is 0.106 e. The van der Waals surface area contributed by atoms with Crippen LogP contribution in [0.25, 0.3) is 0 Å². The molecule has 1 aromatic rings. The summed E-state index contributed by atoms with van der Waals surface area (Å²) < 4.78 is 0.860. The molecule has 2 N–H and O–H groups in total. The third-order valence-electron chi connectivity index (χ3n) is 2.69. The van der Waals surface area contributed by atoms with E-state index >= 15 is 0 Å². The highest BCUT2D eigenvalue weighted by atomic mass is 79.9. The molecule has 76 valence electrons. The van der Waals surface area contributed by atoms with Crippen LogP contribution in [0.15, 0.2) is 22.8 Å². The number of pyridine rings is 1. The average molecular weight is 257 g/mol. The first-order chi connectivity index (χ1) is 6.81. The minimum atomic E-state index is 0.228. The van der Waals surface area contributed by atoms with E-state index in [0.717, 1.165) is 23.4 Å². The van der Waals surface area contributed by atoms with Crippen molar-refractivity contribution in [3.8, 4) is 0 Å². The van der Waals surface area contributed by atoms with E-state index in [1.54, 1.807) is 0 Å². The summed E-state index contributed by atoms with van der Waals surface area (Å²) in [6, 6.07) is 5.92. The molecule has 1 aliphatic heterocycles. The van der Waals surface area contributed by atoms with Crippen molar-refractivity contribution in [2.75, 3.05) is 19.7 Å². The summed E-state index contributed by atoms with van der Waals surface area (Å²) in [5.41, 5.74) is 1.06. The molecule has 0 bridgehead atoms. The van der Waals surface area contributed by atoms with Gasteiger partial charge in [0.05, 0.1) is 0 Å². The van der Waals surface area contributed by atoms with Gasteiger partial charge in [-0.2, -0.15) is 0 Å². The molecular formula is C10H13BrN2O. The molecule has 0 aromatic carbocycles. The number of hydrogen-bond donors (Lipinski definition) is 2. The Morgan fingerprint density at radius 1 is 1.50 bits per heavy atom. The van der Waals surface area contributed by atoms with Crippen molar-refractivity contribution in [2.24, 2.45) is 5.92 Å². The number of aromatic nitrogens is 1. The van der Waals surface area contributed by atoms with Crippen LogP contribution in [0.1, 0.15) is 11.6 Å². The molecule has 4 heteroatoms. The fraction of sp³-hybridized carbons (Fsp3) is 0.500. The van der Waals surface area contributed by atoms with Crippen molar-refractivity contribution >= 4 is 15.9 Å². The summed E-state index contributed by atoms with van der Waals surface area (Å²) in [4.78, 5) is 4.42. The SMILES string of the molecule is OCC1CNCC1c1cccc(Br)n1. The van der Waals surface area contributed by atoms with E-state index in [1.165, 1.54) is 0 Å². The van der Waals surface area contributed by atoms with Crippen LogP contribution in [0.5, 0.6) is 0 Å². The number of aliphatic hydroxyl groups excluding tert-OH is 1. The summed E-state index contributed by atoms with van der Waals surface area (Å²) in [7, 11) is 0. The van der Waals surface area contributed by atoms with Crippen molar-refractivity contribution in [1.82, 2.24) is 10.3 Å². The number of halogens is 1. The molecule has 1 saturated heterocycles. The van der Waals surface area contributed by atoms with Gasteiger partial charge in [-0.15, -0.1) is 0 Å². The standard InChI is InChI=1S/C10H13BrN2O/c11-10-3-1-2-9(13-10)8-5-12-4-7(8)6-14/h1-3,7-8,12,14H,4-6H2. The summed E-state index contributed by atoms with van der Waals surface area (Å²) in [5.74, 6) is 0.647. The second-order valence-electron chi connectivity index (χ2n) is 3.59. The first kappa shape index (κ1) is 10.1. The molecule has 1 aromatic heterocycles. The van der Waals surface area contributed by atoms with Crippen molar-refractivity contribution in [3.63, 3.8) is 0 Å². The monoisotopic (exact) mass is 256 g/mol. The Morgan fingerprint density at radius 3 is 3.07 bits per heavy atom. The summed E-state index contributed by atoms with van der Waals surface area (Å²) in [6.45, 7) is 2.02. The summed E-state index contributed by atoms with van der Waals surface area (Å²) in [5, 5.41) is 12.5. The maximum atomic E-state index is 9.19. The Bertz CT molecular complexity index is 319. The Balaban J connectivity index is 2.21. The van der Waals surface area contributed by atoms with Gasteiger partial charge in [-0.05, 0) is 28.1 Å². The molecule has 0 aliphatic carbocycles.